The predicted octanol–water partition coefficient (Wildman–Crippen LogP) is 2.07. The highest BCUT2D eigenvalue weighted by Gasteiger charge is 2.05. The Labute approximate surface area is 105 Å². The molecule has 4 nitrogen and oxygen atoms in total. The summed E-state index contributed by atoms with van der Waals surface area (Å²) in [4.78, 5) is 5.77. The highest BCUT2D eigenvalue weighted by Crippen LogP contribution is 2.12. The highest BCUT2D eigenvalue weighted by molar-refractivity contribution is 7.09. The zero-order chi connectivity index (χ0) is 11.9. The molecule has 0 fully saturated rings. The quantitative estimate of drug-likeness (QED) is 0.818. The van der Waals surface area contributed by atoms with Gasteiger partial charge in [-0.25, -0.2) is 0 Å². The van der Waals surface area contributed by atoms with Crippen molar-refractivity contribution >= 4 is 11.3 Å². The van der Waals surface area contributed by atoms with Gasteiger partial charge in [0.15, 0.2) is 5.82 Å². The van der Waals surface area contributed by atoms with Crippen LogP contribution in [-0.4, -0.2) is 23.7 Å². The fourth-order valence-electron chi connectivity index (χ4n) is 1.60. The molecule has 2 aromatic heterocycles. The summed E-state index contributed by atoms with van der Waals surface area (Å²) in [6.45, 7) is 0.883. The molecule has 92 valence electrons. The van der Waals surface area contributed by atoms with Crippen molar-refractivity contribution in [1.29, 1.82) is 0 Å². The molecule has 0 unspecified atom stereocenters. The summed E-state index contributed by atoms with van der Waals surface area (Å²) < 4.78 is 5.20. The molecule has 0 aliphatic heterocycles. The molecule has 0 saturated carbocycles. The van der Waals surface area contributed by atoms with E-state index in [1.807, 2.05) is 7.05 Å². The van der Waals surface area contributed by atoms with E-state index in [2.05, 4.69) is 33.0 Å². The SMILES string of the molecule is CNCCc1noc(CCCc2cccs2)n1. The summed E-state index contributed by atoms with van der Waals surface area (Å²) in [7, 11) is 1.92. The summed E-state index contributed by atoms with van der Waals surface area (Å²) in [5, 5.41) is 9.12. The van der Waals surface area contributed by atoms with Crippen LogP contribution in [0.4, 0.5) is 0 Å². The standard InChI is InChI=1S/C12H17N3OS/c1-13-8-7-11-14-12(16-15-11)6-2-4-10-5-3-9-17-10/h3,5,9,13H,2,4,6-8H2,1H3. The van der Waals surface area contributed by atoms with E-state index >= 15 is 0 Å². The lowest BCUT2D eigenvalue weighted by Crippen LogP contribution is -2.11. The van der Waals surface area contributed by atoms with Crippen molar-refractivity contribution < 1.29 is 4.52 Å². The van der Waals surface area contributed by atoms with Gasteiger partial charge in [-0.2, -0.15) is 4.98 Å². The van der Waals surface area contributed by atoms with Crippen molar-refractivity contribution in [2.24, 2.45) is 0 Å². The van der Waals surface area contributed by atoms with Crippen molar-refractivity contribution in [3.63, 3.8) is 0 Å². The number of thiophene rings is 1. The molecule has 1 N–H and O–H groups in total. The summed E-state index contributed by atoms with van der Waals surface area (Å²) >= 11 is 1.80. The molecule has 17 heavy (non-hydrogen) atoms. The smallest absolute Gasteiger partial charge is 0.226 e. The van der Waals surface area contributed by atoms with Crippen LogP contribution >= 0.6 is 11.3 Å². The molecule has 5 heteroatoms. The molecule has 2 heterocycles. The van der Waals surface area contributed by atoms with Crippen LogP contribution in [0, 0.1) is 0 Å². The lowest BCUT2D eigenvalue weighted by Gasteiger charge is -1.94. The third kappa shape index (κ3) is 3.94. The largest absolute Gasteiger partial charge is 0.339 e. The zero-order valence-corrected chi connectivity index (χ0v) is 10.8. The first kappa shape index (κ1) is 12.3. The first-order chi connectivity index (χ1) is 8.38. The van der Waals surface area contributed by atoms with Crippen molar-refractivity contribution in [2.75, 3.05) is 13.6 Å². The Hall–Kier alpha value is -1.20. The fourth-order valence-corrected chi connectivity index (χ4v) is 2.35. The fraction of sp³-hybridized carbons (Fsp3) is 0.500. The molecule has 2 aromatic rings. The Balaban J connectivity index is 1.73. The first-order valence-electron chi connectivity index (χ1n) is 5.87. The van der Waals surface area contributed by atoms with E-state index in [1.54, 1.807) is 11.3 Å². The summed E-state index contributed by atoms with van der Waals surface area (Å²) in [6.07, 6.45) is 3.84. The second-order valence-electron chi connectivity index (χ2n) is 3.89. The van der Waals surface area contributed by atoms with Crippen LogP contribution in [0.25, 0.3) is 0 Å². The Morgan fingerprint density at radius 3 is 3.06 bits per heavy atom. The average Bonchev–Trinajstić information content (AvgIpc) is 2.98. The molecule has 0 aliphatic rings. The molecule has 2 rings (SSSR count). The van der Waals surface area contributed by atoms with Gasteiger partial charge in [0.1, 0.15) is 0 Å². The maximum absolute atomic E-state index is 5.20. The van der Waals surface area contributed by atoms with Crippen LogP contribution in [0.2, 0.25) is 0 Å². The van der Waals surface area contributed by atoms with Gasteiger partial charge in [0.25, 0.3) is 0 Å². The van der Waals surface area contributed by atoms with E-state index < -0.39 is 0 Å². The maximum Gasteiger partial charge on any atom is 0.226 e. The van der Waals surface area contributed by atoms with Crippen molar-refractivity contribution in [3.8, 4) is 0 Å². The third-order valence-corrected chi connectivity index (χ3v) is 3.44. The van der Waals surface area contributed by atoms with Gasteiger partial charge >= 0.3 is 0 Å². The van der Waals surface area contributed by atoms with Gasteiger partial charge in [0.2, 0.25) is 5.89 Å². The second kappa shape index (κ2) is 6.51. The van der Waals surface area contributed by atoms with E-state index in [-0.39, 0.29) is 0 Å². The Morgan fingerprint density at radius 1 is 1.35 bits per heavy atom. The van der Waals surface area contributed by atoms with Crippen LogP contribution in [0.3, 0.4) is 0 Å². The Bertz CT molecular complexity index is 425. The molecule has 0 aromatic carbocycles. The summed E-state index contributed by atoms with van der Waals surface area (Å²) in [5.74, 6) is 1.55. The number of hydrogen-bond acceptors (Lipinski definition) is 5. The first-order valence-corrected chi connectivity index (χ1v) is 6.75. The Kier molecular flexibility index (Phi) is 4.70. The van der Waals surface area contributed by atoms with Crippen LogP contribution < -0.4 is 5.32 Å². The summed E-state index contributed by atoms with van der Waals surface area (Å²) in [5.41, 5.74) is 0. The van der Waals surface area contributed by atoms with Crippen molar-refractivity contribution in [2.45, 2.75) is 25.7 Å². The minimum atomic E-state index is 0.757. The number of aryl methyl sites for hydroxylation is 2. The average molecular weight is 251 g/mol. The minimum absolute atomic E-state index is 0.757. The zero-order valence-electron chi connectivity index (χ0n) is 9.98. The molecular weight excluding hydrogens is 234 g/mol. The molecule has 0 spiro atoms. The van der Waals surface area contributed by atoms with E-state index in [9.17, 15) is 0 Å². The molecule has 0 bridgehead atoms. The second-order valence-corrected chi connectivity index (χ2v) is 4.92. The van der Waals surface area contributed by atoms with Crippen LogP contribution in [0.15, 0.2) is 22.0 Å². The topological polar surface area (TPSA) is 51.0 Å². The number of nitrogens with one attached hydrogen (secondary N) is 1. The van der Waals surface area contributed by atoms with Crippen LogP contribution in [0.1, 0.15) is 23.0 Å². The van der Waals surface area contributed by atoms with E-state index in [0.29, 0.717) is 0 Å². The number of hydrogen-bond donors (Lipinski definition) is 1. The van der Waals surface area contributed by atoms with Crippen LogP contribution in [-0.2, 0) is 19.3 Å². The van der Waals surface area contributed by atoms with Gasteiger partial charge in [0, 0.05) is 24.3 Å². The predicted molar refractivity (Wildman–Crippen MR) is 68.3 cm³/mol. The number of rotatable bonds is 7. The molecule has 0 amide bonds. The number of likely N-dealkylation sites (N-methyl/N-ethyl adjacent to an activating group) is 1. The van der Waals surface area contributed by atoms with E-state index in [1.165, 1.54) is 4.88 Å². The van der Waals surface area contributed by atoms with E-state index in [0.717, 1.165) is 43.9 Å². The van der Waals surface area contributed by atoms with Crippen molar-refractivity contribution in [3.05, 3.63) is 34.1 Å². The van der Waals surface area contributed by atoms with E-state index in [4.69, 9.17) is 4.52 Å². The summed E-state index contributed by atoms with van der Waals surface area (Å²) in [6, 6.07) is 4.25. The lowest BCUT2D eigenvalue weighted by atomic mass is 10.2. The minimum Gasteiger partial charge on any atom is -0.339 e. The number of aromatic nitrogens is 2. The van der Waals surface area contributed by atoms with Gasteiger partial charge in [0.05, 0.1) is 0 Å². The van der Waals surface area contributed by atoms with Gasteiger partial charge in [-0.15, -0.1) is 11.3 Å². The monoisotopic (exact) mass is 251 g/mol. The lowest BCUT2D eigenvalue weighted by molar-refractivity contribution is 0.370. The molecule has 0 aliphatic carbocycles. The van der Waals surface area contributed by atoms with Gasteiger partial charge < -0.3 is 9.84 Å². The Morgan fingerprint density at radius 2 is 2.29 bits per heavy atom. The normalized spacial score (nSPS) is 10.9. The van der Waals surface area contributed by atoms with Crippen LogP contribution in [0.5, 0.6) is 0 Å². The van der Waals surface area contributed by atoms with Gasteiger partial charge in [-0.1, -0.05) is 11.2 Å². The maximum atomic E-state index is 5.20. The molecule has 0 atom stereocenters. The van der Waals surface area contributed by atoms with Gasteiger partial charge in [-0.3, -0.25) is 0 Å². The highest BCUT2D eigenvalue weighted by atomic mass is 32.1. The molecule has 0 saturated heterocycles. The molecule has 0 radical (unpaired) electrons. The van der Waals surface area contributed by atoms with Gasteiger partial charge in [-0.05, 0) is 31.3 Å². The molecular formula is C12H17N3OS. The third-order valence-electron chi connectivity index (χ3n) is 2.50. The van der Waals surface area contributed by atoms with Crippen molar-refractivity contribution in [1.82, 2.24) is 15.5 Å². The number of nitrogens with zero attached hydrogens (tertiary/aromatic N) is 2.